The quantitative estimate of drug-likeness (QED) is 0.870. The van der Waals surface area contributed by atoms with Crippen LogP contribution in [0.25, 0.3) is 0 Å². The zero-order chi connectivity index (χ0) is 14.0. The standard InChI is InChI=1S/C15H23NO2S/c1-10(13(9-17)19-4)16-14-11-7-5-6-8-12(11)18-15(14,2)3/h5-8,10,13-14,16-17H,9H2,1-4H3. The number of thioether (sulfide) groups is 1. The summed E-state index contributed by atoms with van der Waals surface area (Å²) < 4.78 is 6.02. The summed E-state index contributed by atoms with van der Waals surface area (Å²) in [7, 11) is 0. The Labute approximate surface area is 119 Å². The molecule has 2 rings (SSSR count). The van der Waals surface area contributed by atoms with E-state index in [1.807, 2.05) is 24.5 Å². The van der Waals surface area contributed by atoms with Crippen LogP contribution in [-0.4, -0.2) is 34.9 Å². The highest BCUT2D eigenvalue weighted by Crippen LogP contribution is 2.43. The molecule has 106 valence electrons. The van der Waals surface area contributed by atoms with Crippen molar-refractivity contribution in [2.75, 3.05) is 12.9 Å². The Morgan fingerprint density at radius 1 is 1.42 bits per heavy atom. The maximum Gasteiger partial charge on any atom is 0.125 e. The number of aliphatic hydroxyl groups is 1. The second kappa shape index (κ2) is 5.73. The number of nitrogens with one attached hydrogen (secondary N) is 1. The summed E-state index contributed by atoms with van der Waals surface area (Å²) in [5.41, 5.74) is 0.938. The second-order valence-electron chi connectivity index (χ2n) is 5.59. The molecule has 0 amide bonds. The molecule has 2 N–H and O–H groups in total. The lowest BCUT2D eigenvalue weighted by Crippen LogP contribution is -2.46. The monoisotopic (exact) mass is 281 g/mol. The van der Waals surface area contributed by atoms with Crippen LogP contribution in [0.3, 0.4) is 0 Å². The van der Waals surface area contributed by atoms with Gasteiger partial charge < -0.3 is 15.2 Å². The SMILES string of the molecule is CSC(CO)C(C)NC1c2ccccc2OC1(C)C. The lowest BCUT2D eigenvalue weighted by molar-refractivity contribution is 0.0903. The Morgan fingerprint density at radius 2 is 2.11 bits per heavy atom. The van der Waals surface area contributed by atoms with Crippen molar-refractivity contribution < 1.29 is 9.84 Å². The zero-order valence-corrected chi connectivity index (χ0v) is 12.8. The van der Waals surface area contributed by atoms with Crippen molar-refractivity contribution in [1.29, 1.82) is 0 Å². The Morgan fingerprint density at radius 3 is 2.74 bits per heavy atom. The van der Waals surface area contributed by atoms with Gasteiger partial charge in [0.2, 0.25) is 0 Å². The van der Waals surface area contributed by atoms with Crippen molar-refractivity contribution in [1.82, 2.24) is 5.32 Å². The number of fused-ring (bicyclic) bond motifs is 1. The summed E-state index contributed by atoms with van der Waals surface area (Å²) in [6.45, 7) is 6.51. The highest BCUT2D eigenvalue weighted by atomic mass is 32.2. The number of hydrogen-bond acceptors (Lipinski definition) is 4. The first-order chi connectivity index (χ1) is 8.99. The molecule has 0 saturated heterocycles. The van der Waals surface area contributed by atoms with Gasteiger partial charge in [0, 0.05) is 16.9 Å². The molecule has 0 fully saturated rings. The van der Waals surface area contributed by atoms with E-state index < -0.39 is 0 Å². The van der Waals surface area contributed by atoms with Gasteiger partial charge in [0.1, 0.15) is 11.4 Å². The fourth-order valence-electron chi connectivity index (χ4n) is 2.63. The topological polar surface area (TPSA) is 41.5 Å². The van der Waals surface area contributed by atoms with Gasteiger partial charge in [0.25, 0.3) is 0 Å². The van der Waals surface area contributed by atoms with E-state index >= 15 is 0 Å². The Balaban J connectivity index is 2.19. The Hall–Kier alpha value is -0.710. The molecule has 0 aromatic heterocycles. The van der Waals surface area contributed by atoms with Crippen molar-refractivity contribution >= 4 is 11.8 Å². The van der Waals surface area contributed by atoms with E-state index in [0.29, 0.717) is 0 Å². The van der Waals surface area contributed by atoms with Crippen LogP contribution < -0.4 is 10.1 Å². The molecule has 3 nitrogen and oxygen atoms in total. The predicted molar refractivity (Wildman–Crippen MR) is 80.9 cm³/mol. The van der Waals surface area contributed by atoms with Gasteiger partial charge in [-0.25, -0.2) is 0 Å². The summed E-state index contributed by atoms with van der Waals surface area (Å²) in [5, 5.41) is 13.2. The molecule has 0 bridgehead atoms. The Bertz CT molecular complexity index is 432. The fourth-order valence-corrected chi connectivity index (χ4v) is 3.26. The summed E-state index contributed by atoms with van der Waals surface area (Å²) in [6.07, 6.45) is 2.03. The first-order valence-electron chi connectivity index (χ1n) is 6.67. The molecular weight excluding hydrogens is 258 g/mol. The van der Waals surface area contributed by atoms with Gasteiger partial charge in [-0.3, -0.25) is 0 Å². The molecule has 0 saturated carbocycles. The molecule has 3 unspecified atom stereocenters. The summed E-state index contributed by atoms with van der Waals surface area (Å²) in [6, 6.07) is 8.54. The average Bonchev–Trinajstić information content (AvgIpc) is 2.62. The first-order valence-corrected chi connectivity index (χ1v) is 7.96. The lowest BCUT2D eigenvalue weighted by Gasteiger charge is -2.32. The van der Waals surface area contributed by atoms with E-state index in [1.165, 1.54) is 5.56 Å². The molecule has 0 radical (unpaired) electrons. The van der Waals surface area contributed by atoms with E-state index in [-0.39, 0.29) is 29.5 Å². The molecule has 19 heavy (non-hydrogen) atoms. The van der Waals surface area contributed by atoms with Crippen LogP contribution in [0.15, 0.2) is 24.3 Å². The number of ether oxygens (including phenoxy) is 1. The summed E-state index contributed by atoms with van der Waals surface area (Å²) >= 11 is 1.69. The lowest BCUT2D eigenvalue weighted by atomic mass is 9.93. The second-order valence-corrected chi connectivity index (χ2v) is 6.67. The van der Waals surface area contributed by atoms with Crippen molar-refractivity contribution in [2.45, 2.75) is 43.7 Å². The molecule has 1 aromatic rings. The van der Waals surface area contributed by atoms with E-state index in [1.54, 1.807) is 11.8 Å². The molecule has 4 heteroatoms. The number of hydrogen-bond donors (Lipinski definition) is 2. The summed E-state index contributed by atoms with van der Waals surface area (Å²) in [4.78, 5) is 0. The normalized spacial score (nSPS) is 23.5. The molecule has 1 aliphatic rings. The highest BCUT2D eigenvalue weighted by molar-refractivity contribution is 7.99. The average molecular weight is 281 g/mol. The van der Waals surface area contributed by atoms with Crippen LogP contribution >= 0.6 is 11.8 Å². The third-order valence-corrected chi connectivity index (χ3v) is 4.93. The van der Waals surface area contributed by atoms with Crippen molar-refractivity contribution in [3.63, 3.8) is 0 Å². The minimum absolute atomic E-state index is 0.153. The number of aliphatic hydroxyl groups excluding tert-OH is 1. The smallest absolute Gasteiger partial charge is 0.125 e. The molecule has 3 atom stereocenters. The number of rotatable bonds is 5. The van der Waals surface area contributed by atoms with E-state index in [0.717, 1.165) is 5.75 Å². The van der Waals surface area contributed by atoms with E-state index in [2.05, 4.69) is 32.2 Å². The first kappa shape index (κ1) is 14.7. The van der Waals surface area contributed by atoms with Crippen LogP contribution in [-0.2, 0) is 0 Å². The van der Waals surface area contributed by atoms with Gasteiger partial charge >= 0.3 is 0 Å². The summed E-state index contributed by atoms with van der Waals surface area (Å²) in [5.74, 6) is 0.960. The highest BCUT2D eigenvalue weighted by Gasteiger charge is 2.41. The van der Waals surface area contributed by atoms with Crippen LogP contribution in [0, 0.1) is 0 Å². The van der Waals surface area contributed by atoms with Gasteiger partial charge in [-0.1, -0.05) is 18.2 Å². The molecule has 1 aromatic carbocycles. The van der Waals surface area contributed by atoms with Crippen LogP contribution in [0.4, 0.5) is 0 Å². The maximum atomic E-state index is 9.40. The van der Waals surface area contributed by atoms with Gasteiger partial charge in [0.05, 0.1) is 12.6 Å². The molecule has 0 spiro atoms. The third kappa shape index (κ3) is 2.91. The van der Waals surface area contributed by atoms with E-state index in [4.69, 9.17) is 4.74 Å². The van der Waals surface area contributed by atoms with Gasteiger partial charge in [-0.15, -0.1) is 0 Å². The molecule has 1 aliphatic heterocycles. The maximum absolute atomic E-state index is 9.40. The molecule has 1 heterocycles. The van der Waals surface area contributed by atoms with Crippen molar-refractivity contribution in [3.05, 3.63) is 29.8 Å². The van der Waals surface area contributed by atoms with Crippen molar-refractivity contribution in [2.24, 2.45) is 0 Å². The van der Waals surface area contributed by atoms with Crippen LogP contribution in [0.2, 0.25) is 0 Å². The van der Waals surface area contributed by atoms with E-state index in [9.17, 15) is 5.11 Å². The van der Waals surface area contributed by atoms with Gasteiger partial charge in [-0.2, -0.15) is 11.8 Å². The molecule has 0 aliphatic carbocycles. The number of benzene rings is 1. The minimum Gasteiger partial charge on any atom is -0.486 e. The van der Waals surface area contributed by atoms with Crippen LogP contribution in [0.1, 0.15) is 32.4 Å². The zero-order valence-electron chi connectivity index (χ0n) is 12.0. The molecular formula is C15H23NO2S. The third-order valence-electron chi connectivity index (χ3n) is 3.77. The van der Waals surface area contributed by atoms with Gasteiger partial charge in [-0.05, 0) is 33.1 Å². The minimum atomic E-state index is -0.267. The van der Waals surface area contributed by atoms with Gasteiger partial charge in [0.15, 0.2) is 0 Å². The number of para-hydroxylation sites is 1. The van der Waals surface area contributed by atoms with Crippen molar-refractivity contribution in [3.8, 4) is 5.75 Å². The van der Waals surface area contributed by atoms with Crippen LogP contribution in [0.5, 0.6) is 5.75 Å². The Kier molecular flexibility index (Phi) is 4.43. The predicted octanol–water partition coefficient (Wildman–Crippen LogP) is 2.60. The fraction of sp³-hybridized carbons (Fsp3) is 0.600. The largest absolute Gasteiger partial charge is 0.486 e.